The SMILES string of the molecule is CCC1(C)NC(=O)N(NC(=O)Cc2ccc(OCc3c(C)noc3C)cc2)C1=O. The molecule has 0 radical (unpaired) electrons. The van der Waals surface area contributed by atoms with Gasteiger partial charge in [-0.15, -0.1) is 0 Å². The number of hydrazine groups is 1. The van der Waals surface area contributed by atoms with E-state index in [9.17, 15) is 14.4 Å². The second-order valence-electron chi connectivity index (χ2n) is 7.20. The van der Waals surface area contributed by atoms with Gasteiger partial charge < -0.3 is 14.6 Å². The normalized spacial score (nSPS) is 18.7. The van der Waals surface area contributed by atoms with Crippen molar-refractivity contribution in [2.45, 2.75) is 52.7 Å². The molecule has 2 heterocycles. The van der Waals surface area contributed by atoms with Gasteiger partial charge in [0.05, 0.1) is 17.7 Å². The quantitative estimate of drug-likeness (QED) is 0.689. The van der Waals surface area contributed by atoms with Crippen LogP contribution < -0.4 is 15.5 Å². The number of hydrogen-bond donors (Lipinski definition) is 2. The standard InChI is InChI=1S/C20H24N4O5/c1-5-20(4)18(26)24(19(27)21-20)22-17(25)10-14-6-8-15(9-7-14)28-11-16-12(2)23-29-13(16)3/h6-9H,5,10-11H2,1-4H3,(H,21,27)(H,22,25). The number of aryl methyl sites for hydroxylation is 2. The molecule has 0 spiro atoms. The smallest absolute Gasteiger partial charge is 0.344 e. The highest BCUT2D eigenvalue weighted by Gasteiger charge is 2.47. The number of nitrogens with one attached hydrogen (secondary N) is 2. The Balaban J connectivity index is 1.55. The highest BCUT2D eigenvalue weighted by Crippen LogP contribution is 2.20. The molecule has 1 aliphatic heterocycles. The van der Waals surface area contributed by atoms with E-state index in [2.05, 4.69) is 15.9 Å². The van der Waals surface area contributed by atoms with Crippen molar-refractivity contribution in [1.82, 2.24) is 20.9 Å². The zero-order valence-corrected chi connectivity index (χ0v) is 16.9. The van der Waals surface area contributed by atoms with Gasteiger partial charge in [0, 0.05) is 0 Å². The van der Waals surface area contributed by atoms with E-state index in [4.69, 9.17) is 9.26 Å². The number of carbonyl (C=O) groups excluding carboxylic acids is 3. The van der Waals surface area contributed by atoms with E-state index < -0.39 is 23.4 Å². The number of rotatable bonds is 7. The second-order valence-corrected chi connectivity index (χ2v) is 7.20. The maximum atomic E-state index is 12.3. The Morgan fingerprint density at radius 3 is 2.52 bits per heavy atom. The van der Waals surface area contributed by atoms with E-state index in [0.717, 1.165) is 27.6 Å². The minimum atomic E-state index is -0.995. The number of nitrogens with zero attached hydrogens (tertiary/aromatic N) is 2. The summed E-state index contributed by atoms with van der Waals surface area (Å²) < 4.78 is 10.8. The molecule has 1 fully saturated rings. The fourth-order valence-corrected chi connectivity index (χ4v) is 2.94. The van der Waals surface area contributed by atoms with Gasteiger partial charge in [-0.3, -0.25) is 15.0 Å². The predicted octanol–water partition coefficient (Wildman–Crippen LogP) is 2.16. The highest BCUT2D eigenvalue weighted by molar-refractivity contribution is 6.07. The first-order chi connectivity index (χ1) is 13.7. The first kappa shape index (κ1) is 20.4. The van der Waals surface area contributed by atoms with Gasteiger partial charge in [0.15, 0.2) is 0 Å². The number of aromatic nitrogens is 1. The van der Waals surface area contributed by atoms with Crippen LogP contribution in [0.3, 0.4) is 0 Å². The fraction of sp³-hybridized carbons (Fsp3) is 0.400. The summed E-state index contributed by atoms with van der Waals surface area (Å²) in [7, 11) is 0. The molecule has 4 amide bonds. The number of benzene rings is 1. The largest absolute Gasteiger partial charge is 0.489 e. The van der Waals surface area contributed by atoms with Crippen LogP contribution >= 0.6 is 0 Å². The molecule has 0 saturated carbocycles. The molecule has 1 atom stereocenters. The number of amides is 4. The summed E-state index contributed by atoms with van der Waals surface area (Å²) in [6.45, 7) is 7.43. The van der Waals surface area contributed by atoms with Gasteiger partial charge in [-0.2, -0.15) is 5.01 Å². The van der Waals surface area contributed by atoms with Crippen molar-refractivity contribution in [2.24, 2.45) is 0 Å². The minimum absolute atomic E-state index is 0.0179. The van der Waals surface area contributed by atoms with Crippen LogP contribution in [0.15, 0.2) is 28.8 Å². The van der Waals surface area contributed by atoms with Gasteiger partial charge in [-0.1, -0.05) is 24.2 Å². The molecule has 1 saturated heterocycles. The van der Waals surface area contributed by atoms with Crippen molar-refractivity contribution < 1.29 is 23.6 Å². The third-order valence-corrected chi connectivity index (χ3v) is 5.06. The van der Waals surface area contributed by atoms with Crippen molar-refractivity contribution in [2.75, 3.05) is 0 Å². The molecule has 0 aliphatic carbocycles. The molecule has 2 N–H and O–H groups in total. The van der Waals surface area contributed by atoms with Gasteiger partial charge in [-0.25, -0.2) is 4.79 Å². The number of hydrogen-bond acceptors (Lipinski definition) is 6. The van der Waals surface area contributed by atoms with E-state index in [1.54, 1.807) is 38.1 Å². The van der Waals surface area contributed by atoms with Crippen molar-refractivity contribution in [3.05, 3.63) is 46.8 Å². The summed E-state index contributed by atoms with van der Waals surface area (Å²) >= 11 is 0. The molecule has 1 aromatic carbocycles. The molecule has 3 rings (SSSR count). The molecular formula is C20H24N4O5. The molecule has 9 heteroatoms. The van der Waals surface area contributed by atoms with Crippen LogP contribution in [-0.4, -0.2) is 33.5 Å². The van der Waals surface area contributed by atoms with Gasteiger partial charge in [0.2, 0.25) is 5.91 Å². The average Bonchev–Trinajstić information content (AvgIpc) is 3.12. The van der Waals surface area contributed by atoms with Crippen LogP contribution in [0.4, 0.5) is 4.79 Å². The third kappa shape index (κ3) is 4.23. The first-order valence-electron chi connectivity index (χ1n) is 9.33. The van der Waals surface area contributed by atoms with Gasteiger partial charge in [0.1, 0.15) is 23.7 Å². The van der Waals surface area contributed by atoms with Crippen molar-refractivity contribution in [1.29, 1.82) is 0 Å². The zero-order chi connectivity index (χ0) is 21.2. The van der Waals surface area contributed by atoms with Gasteiger partial charge in [0.25, 0.3) is 5.91 Å². The Kier molecular flexibility index (Phi) is 5.58. The Labute approximate surface area is 168 Å². The second kappa shape index (κ2) is 7.94. The molecule has 154 valence electrons. The lowest BCUT2D eigenvalue weighted by molar-refractivity contribution is -0.138. The van der Waals surface area contributed by atoms with E-state index >= 15 is 0 Å². The van der Waals surface area contributed by atoms with Crippen LogP contribution in [0.25, 0.3) is 0 Å². The van der Waals surface area contributed by atoms with Gasteiger partial charge in [-0.05, 0) is 44.9 Å². The van der Waals surface area contributed by atoms with Crippen LogP contribution in [0, 0.1) is 13.8 Å². The molecule has 9 nitrogen and oxygen atoms in total. The van der Waals surface area contributed by atoms with Crippen LogP contribution in [-0.2, 0) is 22.6 Å². The van der Waals surface area contributed by atoms with Crippen molar-refractivity contribution in [3.63, 3.8) is 0 Å². The summed E-state index contributed by atoms with van der Waals surface area (Å²) in [6, 6.07) is 6.38. The molecule has 1 aliphatic rings. The molecule has 2 aromatic rings. The number of ether oxygens (including phenoxy) is 1. The third-order valence-electron chi connectivity index (χ3n) is 5.06. The Morgan fingerprint density at radius 2 is 1.97 bits per heavy atom. The monoisotopic (exact) mass is 400 g/mol. The van der Waals surface area contributed by atoms with E-state index in [-0.39, 0.29) is 6.42 Å². The highest BCUT2D eigenvalue weighted by atomic mass is 16.5. The summed E-state index contributed by atoms with van der Waals surface area (Å²) in [4.78, 5) is 36.5. The lowest BCUT2D eigenvalue weighted by Crippen LogP contribution is -2.49. The Morgan fingerprint density at radius 1 is 1.28 bits per heavy atom. The summed E-state index contributed by atoms with van der Waals surface area (Å²) in [5.74, 6) is 0.428. The number of carbonyl (C=O) groups is 3. The van der Waals surface area contributed by atoms with Gasteiger partial charge >= 0.3 is 6.03 Å². The number of urea groups is 1. The average molecular weight is 400 g/mol. The van der Waals surface area contributed by atoms with E-state index in [0.29, 0.717) is 18.8 Å². The topological polar surface area (TPSA) is 114 Å². The minimum Gasteiger partial charge on any atom is -0.489 e. The Hall–Kier alpha value is -3.36. The summed E-state index contributed by atoms with van der Waals surface area (Å²) in [5.41, 5.74) is 3.79. The molecule has 1 aromatic heterocycles. The summed E-state index contributed by atoms with van der Waals surface area (Å²) in [5, 5.41) is 7.21. The van der Waals surface area contributed by atoms with E-state index in [1.165, 1.54) is 0 Å². The van der Waals surface area contributed by atoms with Crippen LogP contribution in [0.1, 0.15) is 42.8 Å². The molecule has 1 unspecified atom stereocenters. The maximum absolute atomic E-state index is 12.3. The molecule has 29 heavy (non-hydrogen) atoms. The number of imide groups is 1. The lowest BCUT2D eigenvalue weighted by atomic mass is 10.00. The maximum Gasteiger partial charge on any atom is 0.344 e. The van der Waals surface area contributed by atoms with E-state index in [1.807, 2.05) is 13.8 Å². The fourth-order valence-electron chi connectivity index (χ4n) is 2.94. The van der Waals surface area contributed by atoms with Crippen LogP contribution in [0.2, 0.25) is 0 Å². The van der Waals surface area contributed by atoms with Crippen molar-refractivity contribution in [3.8, 4) is 5.75 Å². The predicted molar refractivity (Wildman–Crippen MR) is 103 cm³/mol. The zero-order valence-electron chi connectivity index (χ0n) is 16.9. The summed E-state index contributed by atoms with van der Waals surface area (Å²) in [6.07, 6.45) is 0.448. The Bertz CT molecular complexity index is 917. The van der Waals surface area contributed by atoms with Crippen molar-refractivity contribution >= 4 is 17.8 Å². The van der Waals surface area contributed by atoms with Crippen LogP contribution in [0.5, 0.6) is 5.75 Å². The molecular weight excluding hydrogens is 376 g/mol. The first-order valence-corrected chi connectivity index (χ1v) is 9.33. The lowest BCUT2D eigenvalue weighted by Gasteiger charge is -2.19. The molecule has 0 bridgehead atoms.